The van der Waals surface area contributed by atoms with Crippen LogP contribution in [-0.2, 0) is 14.8 Å². The molecule has 0 spiro atoms. The van der Waals surface area contributed by atoms with Gasteiger partial charge in [0.2, 0.25) is 5.91 Å². The van der Waals surface area contributed by atoms with Crippen molar-refractivity contribution in [2.45, 2.75) is 31.1 Å². The number of rotatable bonds is 4. The molecule has 0 atom stereocenters. The van der Waals surface area contributed by atoms with E-state index in [1.807, 2.05) is 25.1 Å². The lowest BCUT2D eigenvalue weighted by Gasteiger charge is -2.26. The van der Waals surface area contributed by atoms with Gasteiger partial charge in [0.15, 0.2) is 0 Å². The highest BCUT2D eigenvalue weighted by molar-refractivity contribution is 7.93. The number of carbonyl (C=O) groups excluding carboxylic acids is 1. The second-order valence-electron chi connectivity index (χ2n) is 6.37. The topological polar surface area (TPSA) is 57.7 Å². The van der Waals surface area contributed by atoms with Crippen molar-refractivity contribution in [2.24, 2.45) is 0 Å². The highest BCUT2D eigenvalue weighted by Gasteiger charge is 2.37. The van der Waals surface area contributed by atoms with Crippen molar-refractivity contribution in [2.75, 3.05) is 17.4 Å². The summed E-state index contributed by atoms with van der Waals surface area (Å²) < 4.78 is 27.2. The number of hydrogen-bond acceptors (Lipinski definition) is 3. The minimum Gasteiger partial charge on any atom is -0.315 e. The van der Waals surface area contributed by atoms with Crippen molar-refractivity contribution in [1.82, 2.24) is 4.90 Å². The van der Waals surface area contributed by atoms with E-state index < -0.39 is 10.0 Å². The zero-order chi connectivity index (χ0) is 17.6. The summed E-state index contributed by atoms with van der Waals surface area (Å²) in [7, 11) is -3.69. The molecule has 1 aliphatic carbocycles. The van der Waals surface area contributed by atoms with E-state index in [-0.39, 0.29) is 17.3 Å². The molecular formula is C19H20N2O3S. The normalized spacial score (nSPS) is 17.8. The lowest BCUT2D eigenvalue weighted by molar-refractivity contribution is -0.127. The highest BCUT2D eigenvalue weighted by Crippen LogP contribution is 2.41. The molecule has 1 aliphatic heterocycles. The fourth-order valence-corrected chi connectivity index (χ4v) is 5.44. The molecule has 25 heavy (non-hydrogen) atoms. The zero-order valence-corrected chi connectivity index (χ0v) is 14.9. The van der Waals surface area contributed by atoms with E-state index in [0.717, 1.165) is 30.3 Å². The first-order valence-electron chi connectivity index (χ1n) is 8.58. The van der Waals surface area contributed by atoms with E-state index in [4.69, 9.17) is 0 Å². The lowest BCUT2D eigenvalue weighted by atomic mass is 10.1. The number of likely N-dealkylation sites (N-methyl/N-ethyl adjacent to an activating group) is 1. The van der Waals surface area contributed by atoms with Crippen LogP contribution < -0.4 is 4.31 Å². The summed E-state index contributed by atoms with van der Waals surface area (Å²) in [5.74, 6) is -0.177. The number of sulfonamides is 1. The Kier molecular flexibility index (Phi) is 3.80. The number of amides is 1. The first kappa shape index (κ1) is 16.1. The molecule has 0 bridgehead atoms. The Hall–Kier alpha value is -2.34. The Labute approximate surface area is 147 Å². The van der Waals surface area contributed by atoms with Gasteiger partial charge in [0.05, 0.1) is 10.6 Å². The summed E-state index contributed by atoms with van der Waals surface area (Å²) in [6, 6.07) is 10.7. The van der Waals surface area contributed by atoms with Gasteiger partial charge in [0.25, 0.3) is 10.0 Å². The first-order chi connectivity index (χ1) is 12.0. The standard InChI is InChI=1S/C19H20N2O3S/c1-2-20(15-9-3-4-10-15)18(22)13-21-16-11-5-7-14-8-6-12-17(19(14)16)25(21,23)24/h5-9,11-12H,2-4,10,13H2,1H3. The van der Waals surface area contributed by atoms with E-state index in [9.17, 15) is 13.2 Å². The van der Waals surface area contributed by atoms with Gasteiger partial charge < -0.3 is 4.90 Å². The molecule has 0 N–H and O–H groups in total. The number of anilines is 1. The first-order valence-corrected chi connectivity index (χ1v) is 10.0. The number of benzene rings is 2. The van der Waals surface area contributed by atoms with Crippen LogP contribution >= 0.6 is 0 Å². The van der Waals surface area contributed by atoms with E-state index >= 15 is 0 Å². The third-order valence-corrected chi connectivity index (χ3v) is 6.74. The van der Waals surface area contributed by atoms with Gasteiger partial charge in [-0.2, -0.15) is 0 Å². The van der Waals surface area contributed by atoms with Crippen molar-refractivity contribution in [1.29, 1.82) is 0 Å². The maximum Gasteiger partial charge on any atom is 0.265 e. The van der Waals surface area contributed by atoms with Gasteiger partial charge in [-0.15, -0.1) is 0 Å². The van der Waals surface area contributed by atoms with Gasteiger partial charge >= 0.3 is 0 Å². The Morgan fingerprint density at radius 3 is 2.64 bits per heavy atom. The van der Waals surface area contributed by atoms with Crippen molar-refractivity contribution in [3.05, 3.63) is 48.2 Å². The molecule has 0 saturated carbocycles. The minimum absolute atomic E-state index is 0.165. The zero-order valence-electron chi connectivity index (χ0n) is 14.1. The third kappa shape index (κ3) is 2.43. The number of nitrogens with zero attached hydrogens (tertiary/aromatic N) is 2. The SMILES string of the molecule is CCN(C(=O)CN1c2cccc3cccc(c23)S1(=O)=O)C1=CCCC1. The van der Waals surface area contributed by atoms with Crippen molar-refractivity contribution in [3.8, 4) is 0 Å². The second kappa shape index (κ2) is 5.88. The molecule has 0 saturated heterocycles. The molecule has 130 valence electrons. The quantitative estimate of drug-likeness (QED) is 0.845. The van der Waals surface area contributed by atoms with Crippen LogP contribution in [0.25, 0.3) is 10.8 Å². The molecule has 0 fully saturated rings. The van der Waals surface area contributed by atoms with Gasteiger partial charge in [-0.25, -0.2) is 8.42 Å². The van der Waals surface area contributed by atoms with Gasteiger partial charge in [-0.05, 0) is 43.7 Å². The van der Waals surface area contributed by atoms with Crippen LogP contribution in [0.2, 0.25) is 0 Å². The van der Waals surface area contributed by atoms with Crippen LogP contribution in [0.4, 0.5) is 5.69 Å². The summed E-state index contributed by atoms with van der Waals surface area (Å²) >= 11 is 0. The largest absolute Gasteiger partial charge is 0.315 e. The highest BCUT2D eigenvalue weighted by atomic mass is 32.2. The number of allylic oxidation sites excluding steroid dienone is 2. The fraction of sp³-hybridized carbons (Fsp3) is 0.316. The van der Waals surface area contributed by atoms with Crippen LogP contribution in [0.5, 0.6) is 0 Å². The van der Waals surface area contributed by atoms with Gasteiger partial charge in [-0.3, -0.25) is 9.10 Å². The summed E-state index contributed by atoms with van der Waals surface area (Å²) in [5.41, 5.74) is 1.61. The molecule has 1 amide bonds. The molecular weight excluding hydrogens is 336 g/mol. The molecule has 2 aliphatic rings. The molecule has 1 heterocycles. The smallest absolute Gasteiger partial charge is 0.265 e. The van der Waals surface area contributed by atoms with E-state index in [0.29, 0.717) is 17.6 Å². The second-order valence-corrected chi connectivity index (χ2v) is 8.20. The maximum atomic E-state index is 13.0. The van der Waals surface area contributed by atoms with Gasteiger partial charge in [0, 0.05) is 17.6 Å². The molecule has 0 radical (unpaired) electrons. The minimum atomic E-state index is -3.69. The van der Waals surface area contributed by atoms with Crippen molar-refractivity contribution in [3.63, 3.8) is 0 Å². The number of hydrogen-bond donors (Lipinski definition) is 0. The molecule has 0 aromatic heterocycles. The maximum absolute atomic E-state index is 13.0. The predicted octanol–water partition coefficient (Wildman–Crippen LogP) is 3.26. The average Bonchev–Trinajstić information content (AvgIpc) is 3.19. The molecule has 2 aromatic rings. The molecule has 6 heteroatoms. The van der Waals surface area contributed by atoms with E-state index in [1.165, 1.54) is 4.31 Å². The van der Waals surface area contributed by atoms with Crippen molar-refractivity contribution >= 4 is 32.4 Å². The Morgan fingerprint density at radius 2 is 1.96 bits per heavy atom. The van der Waals surface area contributed by atoms with Crippen LogP contribution in [0.15, 0.2) is 53.1 Å². The van der Waals surface area contributed by atoms with Crippen LogP contribution in [0.3, 0.4) is 0 Å². The fourth-order valence-electron chi connectivity index (χ4n) is 3.78. The third-order valence-electron chi connectivity index (χ3n) is 4.94. The summed E-state index contributed by atoms with van der Waals surface area (Å²) in [5, 5.41) is 1.58. The van der Waals surface area contributed by atoms with Crippen LogP contribution in [0.1, 0.15) is 26.2 Å². The van der Waals surface area contributed by atoms with Crippen molar-refractivity contribution < 1.29 is 13.2 Å². The van der Waals surface area contributed by atoms with E-state index in [2.05, 4.69) is 6.08 Å². The molecule has 4 rings (SSSR count). The lowest BCUT2D eigenvalue weighted by Crippen LogP contribution is -2.41. The Morgan fingerprint density at radius 1 is 1.20 bits per heavy atom. The predicted molar refractivity (Wildman–Crippen MR) is 97.8 cm³/mol. The Bertz CT molecular complexity index is 990. The Balaban J connectivity index is 1.72. The van der Waals surface area contributed by atoms with Crippen LogP contribution in [0, 0.1) is 0 Å². The monoisotopic (exact) mass is 356 g/mol. The summed E-state index contributed by atoms with van der Waals surface area (Å²) in [4.78, 5) is 14.9. The summed E-state index contributed by atoms with van der Waals surface area (Å²) in [6.45, 7) is 2.31. The number of carbonyl (C=O) groups is 1. The van der Waals surface area contributed by atoms with Crippen LogP contribution in [-0.4, -0.2) is 32.3 Å². The molecule has 5 nitrogen and oxygen atoms in total. The van der Waals surface area contributed by atoms with Gasteiger partial charge in [-0.1, -0.05) is 30.3 Å². The van der Waals surface area contributed by atoms with E-state index in [1.54, 1.807) is 23.1 Å². The average molecular weight is 356 g/mol. The molecule has 2 aromatic carbocycles. The molecule has 0 unspecified atom stereocenters. The summed E-state index contributed by atoms with van der Waals surface area (Å²) in [6.07, 6.45) is 4.98. The van der Waals surface area contributed by atoms with Gasteiger partial charge in [0.1, 0.15) is 6.54 Å².